The van der Waals surface area contributed by atoms with Crippen LogP contribution < -0.4 is 0 Å². The van der Waals surface area contributed by atoms with Crippen LogP contribution in [-0.2, 0) is 0 Å². The Morgan fingerprint density at radius 2 is 0.759 bits per heavy atom. The number of rotatable bonds is 9. The molecule has 3 unspecified atom stereocenters. The maximum absolute atomic E-state index is 13.2. The summed E-state index contributed by atoms with van der Waals surface area (Å²) in [6, 6.07) is -6.81. The summed E-state index contributed by atoms with van der Waals surface area (Å²) in [6.45, 7) is 0. The second kappa shape index (κ2) is 7.17. The van der Waals surface area contributed by atoms with E-state index in [1.165, 1.54) is 0 Å². The van der Waals surface area contributed by atoms with Crippen LogP contribution in [0.25, 0.3) is 0 Å². The molecule has 0 saturated heterocycles. The summed E-state index contributed by atoms with van der Waals surface area (Å²) in [4.78, 5) is 0. The summed E-state index contributed by atoms with van der Waals surface area (Å²) in [5, 5.41) is 23.1. The first-order valence-corrected chi connectivity index (χ1v) is 6.27. The Balaban J connectivity index is 6.57. The lowest BCUT2D eigenvalue weighted by Gasteiger charge is -2.42. The van der Waals surface area contributed by atoms with Crippen LogP contribution in [0.4, 0.5) is 70.2 Å². The molecule has 0 aliphatic heterocycles. The highest BCUT2D eigenvalue weighted by molar-refractivity contribution is 5.14. The SMILES string of the molecule is OC(F)C(F)C(F)C(F)(F)C(F)(F)C(F)(F)C(F)(F)C(F)(F)C(F)(F)C(O)(O)F. The smallest absolute Gasteiger partial charge is 0.362 e. The summed E-state index contributed by atoms with van der Waals surface area (Å²) < 4.78 is 206. The molecule has 0 aromatic carbocycles. The van der Waals surface area contributed by atoms with Gasteiger partial charge in [-0.3, -0.25) is 0 Å². The zero-order valence-corrected chi connectivity index (χ0v) is 12.6. The van der Waals surface area contributed by atoms with Crippen molar-refractivity contribution in [2.45, 2.75) is 60.3 Å². The van der Waals surface area contributed by atoms with E-state index >= 15 is 0 Å². The summed E-state index contributed by atoms with van der Waals surface area (Å²) in [6.07, 6.45) is -14.9. The van der Waals surface area contributed by atoms with E-state index in [9.17, 15) is 70.2 Å². The lowest BCUT2D eigenvalue weighted by molar-refractivity contribution is -0.475. The summed E-state index contributed by atoms with van der Waals surface area (Å²) in [7, 11) is 0. The van der Waals surface area contributed by atoms with Crippen molar-refractivity contribution in [3.63, 3.8) is 0 Å². The van der Waals surface area contributed by atoms with Crippen molar-refractivity contribution >= 4 is 0 Å². The second-order valence-electron chi connectivity index (χ2n) is 5.30. The number of hydrogen-bond donors (Lipinski definition) is 3. The quantitative estimate of drug-likeness (QED) is 0.352. The van der Waals surface area contributed by atoms with Crippen molar-refractivity contribution in [1.29, 1.82) is 0 Å². The predicted molar refractivity (Wildman–Crippen MR) is 54.9 cm³/mol. The Morgan fingerprint density at radius 3 is 1.03 bits per heavy atom. The number of aliphatic hydroxyl groups is 3. The molecule has 176 valence electrons. The van der Waals surface area contributed by atoms with Gasteiger partial charge in [0.05, 0.1) is 0 Å². The molecule has 0 radical (unpaired) electrons. The second-order valence-corrected chi connectivity index (χ2v) is 5.30. The van der Waals surface area contributed by atoms with Gasteiger partial charge in [0, 0.05) is 0 Å². The van der Waals surface area contributed by atoms with Gasteiger partial charge in [-0.05, 0) is 0 Å². The van der Waals surface area contributed by atoms with Gasteiger partial charge in [0.2, 0.25) is 12.5 Å². The van der Waals surface area contributed by atoms with Crippen LogP contribution in [-0.4, -0.2) is 75.6 Å². The molecule has 3 atom stereocenters. The standard InChI is InChI=1S/C10H6F16O3/c11-1(3(13)27)2(12)4(14,15)5(16,17)6(18,19)7(20,21)8(22,23)9(24,25)10(26,28)29/h1-3,27-29H. The third-order valence-electron chi connectivity index (χ3n) is 3.28. The molecule has 0 rings (SSSR count). The maximum atomic E-state index is 13.2. The van der Waals surface area contributed by atoms with Crippen LogP contribution in [0.3, 0.4) is 0 Å². The van der Waals surface area contributed by atoms with E-state index in [-0.39, 0.29) is 0 Å². The van der Waals surface area contributed by atoms with Gasteiger partial charge in [-0.2, -0.15) is 57.1 Å². The third kappa shape index (κ3) is 3.68. The molecule has 0 aromatic rings. The summed E-state index contributed by atoms with van der Waals surface area (Å²) in [5.41, 5.74) is 0. The van der Waals surface area contributed by atoms with Gasteiger partial charge in [-0.1, -0.05) is 0 Å². The molecule has 0 bridgehead atoms. The van der Waals surface area contributed by atoms with Crippen LogP contribution in [0.15, 0.2) is 0 Å². The minimum Gasteiger partial charge on any atom is -0.362 e. The Kier molecular flexibility index (Phi) is 6.86. The number of alkyl halides is 16. The van der Waals surface area contributed by atoms with Gasteiger partial charge in [0.25, 0.3) is 0 Å². The van der Waals surface area contributed by atoms with E-state index in [0.717, 1.165) is 0 Å². The van der Waals surface area contributed by atoms with E-state index in [1.807, 2.05) is 0 Å². The molecule has 29 heavy (non-hydrogen) atoms. The van der Waals surface area contributed by atoms with Crippen molar-refractivity contribution in [2.24, 2.45) is 0 Å². The number of hydrogen-bond acceptors (Lipinski definition) is 3. The first-order chi connectivity index (χ1) is 12.3. The minimum absolute atomic E-state index is 4.46. The van der Waals surface area contributed by atoms with Crippen LogP contribution in [0.2, 0.25) is 0 Å². The molecule has 3 N–H and O–H groups in total. The third-order valence-corrected chi connectivity index (χ3v) is 3.28. The largest absolute Gasteiger partial charge is 0.400 e. The maximum Gasteiger partial charge on any atom is 0.400 e. The van der Waals surface area contributed by atoms with Crippen molar-refractivity contribution in [2.75, 3.05) is 0 Å². The first kappa shape index (κ1) is 27.8. The van der Waals surface area contributed by atoms with Gasteiger partial charge in [0.1, 0.15) is 0 Å². The van der Waals surface area contributed by atoms with Crippen LogP contribution >= 0.6 is 0 Å². The van der Waals surface area contributed by atoms with Crippen LogP contribution in [0.5, 0.6) is 0 Å². The van der Waals surface area contributed by atoms with Crippen molar-refractivity contribution in [3.05, 3.63) is 0 Å². The Hall–Kier alpha value is -1.24. The van der Waals surface area contributed by atoms with Crippen LogP contribution in [0, 0.1) is 0 Å². The molecule has 0 aliphatic rings. The fraction of sp³-hybridized carbons (Fsp3) is 1.00. The van der Waals surface area contributed by atoms with E-state index in [1.54, 1.807) is 0 Å². The van der Waals surface area contributed by atoms with Gasteiger partial charge in [0.15, 0.2) is 6.17 Å². The fourth-order valence-corrected chi connectivity index (χ4v) is 1.51. The van der Waals surface area contributed by atoms with E-state index in [0.29, 0.717) is 0 Å². The van der Waals surface area contributed by atoms with E-state index in [4.69, 9.17) is 15.3 Å². The average molecular weight is 478 g/mol. The van der Waals surface area contributed by atoms with Crippen molar-refractivity contribution in [3.8, 4) is 0 Å². The minimum atomic E-state index is -8.51. The Bertz CT molecular complexity index is 582. The number of aliphatic hydroxyl groups excluding tert-OH is 1. The zero-order chi connectivity index (χ0) is 24.2. The lowest BCUT2D eigenvalue weighted by atomic mass is 9.88. The topological polar surface area (TPSA) is 60.7 Å². The molecule has 0 saturated carbocycles. The van der Waals surface area contributed by atoms with Crippen molar-refractivity contribution in [1.82, 2.24) is 0 Å². The fourth-order valence-electron chi connectivity index (χ4n) is 1.51. The monoisotopic (exact) mass is 478 g/mol. The van der Waals surface area contributed by atoms with Gasteiger partial charge < -0.3 is 15.3 Å². The highest BCUT2D eigenvalue weighted by Gasteiger charge is 2.93. The van der Waals surface area contributed by atoms with Gasteiger partial charge in [-0.25, -0.2) is 13.2 Å². The molecule has 0 heterocycles. The Labute approximate surface area is 147 Å². The molecule has 0 aliphatic carbocycles. The molecular weight excluding hydrogens is 472 g/mol. The van der Waals surface area contributed by atoms with Crippen LogP contribution in [0.1, 0.15) is 0 Å². The summed E-state index contributed by atoms with van der Waals surface area (Å²) >= 11 is 0. The molecule has 0 fully saturated rings. The van der Waals surface area contributed by atoms with E-state index in [2.05, 4.69) is 0 Å². The molecular formula is C10H6F16O3. The predicted octanol–water partition coefficient (Wildman–Crippen LogP) is 3.37. The molecule has 0 aromatic heterocycles. The Morgan fingerprint density at radius 1 is 0.483 bits per heavy atom. The first-order valence-electron chi connectivity index (χ1n) is 6.27. The molecule has 3 nitrogen and oxygen atoms in total. The molecule has 0 amide bonds. The number of halogens is 16. The molecule has 0 spiro atoms. The zero-order valence-electron chi connectivity index (χ0n) is 12.6. The average Bonchev–Trinajstić information content (AvgIpc) is 2.50. The summed E-state index contributed by atoms with van der Waals surface area (Å²) in [5.74, 6) is -48.9. The van der Waals surface area contributed by atoms with Gasteiger partial charge >= 0.3 is 41.6 Å². The molecule has 19 heteroatoms. The highest BCUT2D eigenvalue weighted by Crippen LogP contribution is 2.62. The van der Waals surface area contributed by atoms with E-state index < -0.39 is 60.3 Å². The highest BCUT2D eigenvalue weighted by atomic mass is 19.4. The van der Waals surface area contributed by atoms with Gasteiger partial charge in [-0.15, -0.1) is 0 Å². The lowest BCUT2D eigenvalue weighted by Crippen LogP contribution is -2.74. The van der Waals surface area contributed by atoms with Crippen molar-refractivity contribution < 1.29 is 85.6 Å². The normalized spacial score (nSPS) is 19.1.